The third kappa shape index (κ3) is 1.55. The number of halogens is 3. The topological polar surface area (TPSA) is 0 Å². The Hall–Kier alpha value is 0.0700. The van der Waals surface area contributed by atoms with Gasteiger partial charge in [-0.1, -0.05) is 15.9 Å². The van der Waals surface area contributed by atoms with E-state index in [0.717, 1.165) is 15.6 Å². The summed E-state index contributed by atoms with van der Waals surface area (Å²) in [5.41, 5.74) is 0.727. The lowest BCUT2D eigenvalue weighted by Gasteiger charge is -2.02. The number of hydrogen-bond donors (Lipinski definition) is 0. The molecule has 0 fully saturated rings. The molecule has 1 aromatic heterocycles. The van der Waals surface area contributed by atoms with Gasteiger partial charge in [-0.25, -0.2) is 4.39 Å². The number of rotatable bonds is 1. The zero-order valence-corrected chi connectivity index (χ0v) is 10.5. The third-order valence-electron chi connectivity index (χ3n) is 1.89. The fraction of sp³-hybridized carbons (Fsp3) is 0.111. The maximum absolute atomic E-state index is 13.5. The van der Waals surface area contributed by atoms with Crippen LogP contribution in [0.15, 0.2) is 22.0 Å². The van der Waals surface area contributed by atoms with Crippen molar-refractivity contribution in [1.29, 1.82) is 0 Å². The molecule has 0 bridgehead atoms. The molecule has 0 N–H and O–H groups in total. The van der Waals surface area contributed by atoms with Crippen LogP contribution in [-0.4, -0.2) is 0 Å². The summed E-state index contributed by atoms with van der Waals surface area (Å²) in [7, 11) is 0. The van der Waals surface area contributed by atoms with Crippen molar-refractivity contribution in [3.05, 3.63) is 33.4 Å². The normalized spacial score (nSPS) is 11.0. The number of thiophene rings is 1. The molecule has 0 unspecified atom stereocenters. The van der Waals surface area contributed by atoms with Gasteiger partial charge in [0.05, 0.1) is 4.47 Å². The summed E-state index contributed by atoms with van der Waals surface area (Å²) in [6, 6.07) is 3.77. The van der Waals surface area contributed by atoms with Crippen molar-refractivity contribution in [3.8, 4) is 0 Å². The molecule has 0 aliphatic heterocycles. The molecule has 0 aliphatic rings. The third-order valence-corrected chi connectivity index (χ3v) is 3.89. The Morgan fingerprint density at radius 3 is 2.92 bits per heavy atom. The lowest BCUT2D eigenvalue weighted by Crippen LogP contribution is -1.87. The van der Waals surface area contributed by atoms with Crippen LogP contribution >= 0.6 is 43.2 Å². The molecular formula is C9H5Br2FS. The Morgan fingerprint density at radius 1 is 1.46 bits per heavy atom. The van der Waals surface area contributed by atoms with Gasteiger partial charge in [0.25, 0.3) is 0 Å². The molecule has 0 aliphatic carbocycles. The van der Waals surface area contributed by atoms with Crippen molar-refractivity contribution in [2.24, 2.45) is 0 Å². The van der Waals surface area contributed by atoms with Gasteiger partial charge in [-0.05, 0) is 38.8 Å². The number of alkyl halides is 1. The summed E-state index contributed by atoms with van der Waals surface area (Å²) in [5.74, 6) is -0.164. The maximum atomic E-state index is 13.5. The highest BCUT2D eigenvalue weighted by Crippen LogP contribution is 2.32. The Kier molecular flexibility index (Phi) is 2.72. The van der Waals surface area contributed by atoms with Crippen molar-refractivity contribution in [2.45, 2.75) is 5.33 Å². The molecule has 0 saturated heterocycles. The Bertz CT molecular complexity index is 450. The number of hydrogen-bond acceptors (Lipinski definition) is 1. The molecule has 2 rings (SSSR count). The van der Waals surface area contributed by atoms with E-state index < -0.39 is 0 Å². The second kappa shape index (κ2) is 3.67. The van der Waals surface area contributed by atoms with Gasteiger partial charge in [-0.2, -0.15) is 0 Å². The van der Waals surface area contributed by atoms with Crippen LogP contribution in [0, 0.1) is 5.82 Å². The summed E-state index contributed by atoms with van der Waals surface area (Å²) in [5, 5.41) is 3.52. The van der Waals surface area contributed by atoms with Gasteiger partial charge >= 0.3 is 0 Å². The second-order valence-electron chi connectivity index (χ2n) is 2.62. The molecule has 2 aromatic rings. The predicted octanol–water partition coefficient (Wildman–Crippen LogP) is 4.70. The monoisotopic (exact) mass is 322 g/mol. The quantitative estimate of drug-likeness (QED) is 0.667. The van der Waals surface area contributed by atoms with Crippen molar-refractivity contribution in [1.82, 2.24) is 0 Å². The smallest absolute Gasteiger partial charge is 0.142 e. The van der Waals surface area contributed by atoms with E-state index in [2.05, 4.69) is 31.9 Å². The van der Waals surface area contributed by atoms with Crippen LogP contribution in [0.4, 0.5) is 4.39 Å². The molecule has 0 amide bonds. The summed E-state index contributed by atoms with van der Waals surface area (Å²) in [6.07, 6.45) is 0. The average molecular weight is 324 g/mol. The summed E-state index contributed by atoms with van der Waals surface area (Å²) < 4.78 is 15.2. The SMILES string of the molecule is Fc1c(Br)cc2sccc2c1CBr. The van der Waals surface area contributed by atoms with Crippen LogP contribution in [-0.2, 0) is 5.33 Å². The lowest BCUT2D eigenvalue weighted by molar-refractivity contribution is 0.614. The molecule has 13 heavy (non-hydrogen) atoms. The van der Waals surface area contributed by atoms with Gasteiger partial charge in [0.15, 0.2) is 0 Å². The molecule has 1 aromatic carbocycles. The molecule has 0 atom stereocenters. The standard InChI is InChI=1S/C9H5Br2FS/c10-4-6-5-1-2-13-8(5)3-7(11)9(6)12/h1-3H,4H2. The highest BCUT2D eigenvalue weighted by Gasteiger charge is 2.11. The first-order valence-corrected chi connectivity index (χ1v) is 6.43. The molecule has 0 radical (unpaired) electrons. The van der Waals surface area contributed by atoms with Crippen LogP contribution in [0.1, 0.15) is 5.56 Å². The zero-order chi connectivity index (χ0) is 9.42. The zero-order valence-electron chi connectivity index (χ0n) is 6.48. The lowest BCUT2D eigenvalue weighted by atomic mass is 10.1. The van der Waals surface area contributed by atoms with Crippen LogP contribution in [0.2, 0.25) is 0 Å². The minimum absolute atomic E-state index is 0.164. The van der Waals surface area contributed by atoms with Crippen molar-refractivity contribution >= 4 is 53.3 Å². The van der Waals surface area contributed by atoms with Gasteiger partial charge in [-0.3, -0.25) is 0 Å². The summed E-state index contributed by atoms with van der Waals surface area (Å²) in [4.78, 5) is 0. The van der Waals surface area contributed by atoms with E-state index in [1.54, 1.807) is 11.3 Å². The Balaban J connectivity index is 2.87. The Labute approximate surface area is 96.0 Å². The van der Waals surface area contributed by atoms with Gasteiger partial charge in [0.1, 0.15) is 5.82 Å². The largest absolute Gasteiger partial charge is 0.205 e. The van der Waals surface area contributed by atoms with E-state index in [4.69, 9.17) is 0 Å². The van der Waals surface area contributed by atoms with Crippen molar-refractivity contribution < 1.29 is 4.39 Å². The van der Waals surface area contributed by atoms with E-state index in [0.29, 0.717) is 9.80 Å². The number of fused-ring (bicyclic) bond motifs is 1. The molecular weight excluding hydrogens is 319 g/mol. The minimum atomic E-state index is -0.164. The van der Waals surface area contributed by atoms with Gasteiger partial charge in [-0.15, -0.1) is 11.3 Å². The summed E-state index contributed by atoms with van der Waals surface area (Å²) in [6.45, 7) is 0. The summed E-state index contributed by atoms with van der Waals surface area (Å²) >= 11 is 8.12. The van der Waals surface area contributed by atoms with E-state index in [-0.39, 0.29) is 5.82 Å². The van der Waals surface area contributed by atoms with Gasteiger partial charge in [0.2, 0.25) is 0 Å². The van der Waals surface area contributed by atoms with Gasteiger partial charge in [0, 0.05) is 15.6 Å². The maximum Gasteiger partial charge on any atom is 0.142 e. The molecule has 68 valence electrons. The van der Waals surface area contributed by atoms with Crippen LogP contribution in [0.5, 0.6) is 0 Å². The fourth-order valence-electron chi connectivity index (χ4n) is 1.25. The van der Waals surface area contributed by atoms with E-state index in [1.165, 1.54) is 0 Å². The molecule has 0 spiro atoms. The highest BCUT2D eigenvalue weighted by molar-refractivity contribution is 9.10. The van der Waals surface area contributed by atoms with E-state index >= 15 is 0 Å². The molecule has 0 nitrogen and oxygen atoms in total. The fourth-order valence-corrected chi connectivity index (χ4v) is 3.28. The van der Waals surface area contributed by atoms with Crippen molar-refractivity contribution in [3.63, 3.8) is 0 Å². The molecule has 1 heterocycles. The van der Waals surface area contributed by atoms with E-state index in [1.807, 2.05) is 17.5 Å². The average Bonchev–Trinajstić information content (AvgIpc) is 2.54. The Morgan fingerprint density at radius 2 is 2.23 bits per heavy atom. The first-order valence-electron chi connectivity index (χ1n) is 3.64. The van der Waals surface area contributed by atoms with Crippen LogP contribution in [0.3, 0.4) is 0 Å². The van der Waals surface area contributed by atoms with E-state index in [9.17, 15) is 4.39 Å². The van der Waals surface area contributed by atoms with Gasteiger partial charge < -0.3 is 0 Å². The van der Waals surface area contributed by atoms with Crippen LogP contribution in [0.25, 0.3) is 10.1 Å². The van der Waals surface area contributed by atoms with Crippen molar-refractivity contribution in [2.75, 3.05) is 0 Å². The second-order valence-corrected chi connectivity index (χ2v) is 4.98. The minimum Gasteiger partial charge on any atom is -0.205 e. The first kappa shape index (κ1) is 9.62. The first-order chi connectivity index (χ1) is 6.24. The van der Waals surface area contributed by atoms with Crippen LogP contribution < -0.4 is 0 Å². The number of benzene rings is 1. The predicted molar refractivity (Wildman–Crippen MR) is 62.1 cm³/mol. The molecule has 4 heteroatoms. The molecule has 0 saturated carbocycles. The highest BCUT2D eigenvalue weighted by atomic mass is 79.9.